The topological polar surface area (TPSA) is 170 Å². The van der Waals surface area contributed by atoms with E-state index in [0.717, 1.165) is 88.2 Å². The summed E-state index contributed by atoms with van der Waals surface area (Å²) in [5.74, 6) is 0.489. The maximum atomic E-state index is 12.9. The minimum Gasteiger partial charge on any atom is -0.398 e. The zero-order chi connectivity index (χ0) is 61.7. The smallest absolute Gasteiger partial charge is 0.398 e. The van der Waals surface area contributed by atoms with Gasteiger partial charge in [0.05, 0.1) is 73.5 Å². The predicted molar refractivity (Wildman–Crippen MR) is 320 cm³/mol. The molecule has 0 saturated carbocycles. The first-order valence-electron chi connectivity index (χ1n) is 28.8. The van der Waals surface area contributed by atoms with Crippen LogP contribution in [0.2, 0.25) is 5.15 Å². The number of carbonyl (C=O) groups is 2. The number of amides is 4. The molecule has 4 amide bonds. The van der Waals surface area contributed by atoms with Gasteiger partial charge < -0.3 is 58.1 Å². The highest BCUT2D eigenvalue weighted by molar-refractivity contribution is 6.61. The number of rotatable bonds is 10. The first-order valence-corrected chi connectivity index (χ1v) is 29.2. The van der Waals surface area contributed by atoms with Crippen molar-refractivity contribution < 1.29 is 54.7 Å². The number of aromatic nitrogens is 6. The minimum atomic E-state index is -4.22. The number of urea groups is 2. The Hall–Kier alpha value is -6.93. The molecule has 26 heteroatoms. The Bertz CT molecular complexity index is 3320. The number of halogens is 7. The Kier molecular flexibility index (Phi) is 19.7. The minimum absolute atomic E-state index is 0.103. The summed E-state index contributed by atoms with van der Waals surface area (Å²) < 4.78 is 103. The Balaban J connectivity index is 0.000000167. The Morgan fingerprint density at radius 3 is 1.52 bits per heavy atom. The number of carbonyl (C=O) groups excluding carboxylic acids is 2. The summed E-state index contributed by atoms with van der Waals surface area (Å²) in [7, 11) is 3.54. The third-order valence-corrected chi connectivity index (χ3v) is 16.7. The SMILES string of the molecule is Cc1ccc(NC(=O)N2CC[C@@H](CC(F)(F)F)C2)cc1-c1cc(-c2cncn2C)nc(N2CCOCC2)c1.Cc1ccc(NC(=O)N2CC[C@@H](CC(F)(F)F)C2)cc1-c1cc(Cl)nc(N2CCOCC2)c1.Cn1cncc1B1OC(C)(C)C(C)(C)O1. The molecule has 5 saturated heterocycles. The summed E-state index contributed by atoms with van der Waals surface area (Å²) >= 11 is 6.32. The van der Waals surface area contributed by atoms with Gasteiger partial charge in [0.1, 0.15) is 16.8 Å². The van der Waals surface area contributed by atoms with Crippen LogP contribution in [0.25, 0.3) is 33.6 Å². The van der Waals surface area contributed by atoms with Gasteiger partial charge in [-0.25, -0.2) is 29.5 Å². The van der Waals surface area contributed by atoms with E-state index >= 15 is 0 Å². The molecule has 0 unspecified atom stereocenters. The van der Waals surface area contributed by atoms with Crippen LogP contribution in [0.3, 0.4) is 0 Å². The maximum Gasteiger partial charge on any atom is 0.514 e. The summed E-state index contributed by atoms with van der Waals surface area (Å²) in [6, 6.07) is 18.2. The molecule has 2 atom stereocenters. The zero-order valence-electron chi connectivity index (χ0n) is 49.7. The van der Waals surface area contributed by atoms with E-state index in [-0.39, 0.29) is 37.4 Å². The quantitative estimate of drug-likeness (QED) is 0.0757. The standard InChI is InChI=1S/C27H31F3N6O2.C23H26ClF3N4O2.C10H17BN2O2/c1-18-3-4-21(32-26(37)36-6-5-19(16-36)14-27(28,29)30)13-22(18)20-11-23(24-15-31-17-34(24)2)33-25(12-20)35-7-9-38-10-8-35;1-15-2-3-18(28-22(32)31-5-4-16(14-31)13-23(25,26)27)12-19(15)17-10-20(24)29-21(11-17)30-6-8-33-9-7-30;1-9(2)10(3,4)15-11(14-9)8-6-12-7-13(8)5/h3-4,11-13,15,17,19H,5-10,14,16H2,1-2H3,(H,32,37);2-3,10-12,16H,4-9,13-14H2,1H3,(H,28,32);6-7H,1-5H3/t19-;16-;/m00./s1. The molecule has 11 rings (SSSR count). The molecule has 5 aliphatic heterocycles. The molecule has 0 radical (unpaired) electrons. The van der Waals surface area contributed by atoms with Crippen molar-refractivity contribution in [3.05, 3.63) is 102 Å². The van der Waals surface area contributed by atoms with Gasteiger partial charge in [0.15, 0.2) is 0 Å². The van der Waals surface area contributed by atoms with Crippen LogP contribution in [0, 0.1) is 25.7 Å². The average Bonchev–Trinajstić information content (AvgIpc) is 2.59. The second kappa shape index (κ2) is 26.6. The monoisotopic (exact) mass is 1220 g/mol. The Labute approximate surface area is 502 Å². The number of nitrogens with one attached hydrogen (secondary N) is 2. The van der Waals surface area contributed by atoms with E-state index in [1.807, 2.05) is 113 Å². The highest BCUT2D eigenvalue weighted by atomic mass is 35.5. The van der Waals surface area contributed by atoms with E-state index in [1.165, 1.54) is 9.80 Å². The van der Waals surface area contributed by atoms with Crippen LogP contribution in [0.4, 0.5) is 58.9 Å². The number of aryl methyl sites for hydroxylation is 4. The third kappa shape index (κ3) is 16.2. The average molecular weight is 1220 g/mol. The van der Waals surface area contributed by atoms with Crippen molar-refractivity contribution in [2.75, 3.05) is 99.2 Å². The van der Waals surface area contributed by atoms with E-state index < -0.39 is 43.1 Å². The van der Waals surface area contributed by atoms with Crippen molar-refractivity contribution in [2.24, 2.45) is 25.9 Å². The van der Waals surface area contributed by atoms with Crippen LogP contribution in [0.15, 0.2) is 85.7 Å². The molecular weight excluding hydrogens is 1140 g/mol. The van der Waals surface area contributed by atoms with Gasteiger partial charge in [-0.15, -0.1) is 0 Å². The second-order valence-corrected chi connectivity index (χ2v) is 23.9. The number of morpholine rings is 2. The van der Waals surface area contributed by atoms with Crippen molar-refractivity contribution in [2.45, 2.75) is 90.8 Å². The van der Waals surface area contributed by atoms with Gasteiger partial charge in [-0.05, 0) is 148 Å². The Morgan fingerprint density at radius 1 is 0.628 bits per heavy atom. The highest BCUT2D eigenvalue weighted by Gasteiger charge is 2.52. The number of likely N-dealkylation sites (tertiary alicyclic amines) is 2. The number of pyridine rings is 2. The summed E-state index contributed by atoms with van der Waals surface area (Å²) in [4.78, 5) is 50.4. The summed E-state index contributed by atoms with van der Waals surface area (Å²) in [6.07, 6.45) is -2.41. The number of ether oxygens (including phenoxy) is 2. The maximum absolute atomic E-state index is 12.9. The molecule has 6 aromatic rings. The fourth-order valence-electron chi connectivity index (χ4n) is 11.0. The van der Waals surface area contributed by atoms with Gasteiger partial charge in [-0.3, -0.25) is 0 Å². The molecule has 5 aliphatic rings. The van der Waals surface area contributed by atoms with Gasteiger partial charge in [-0.1, -0.05) is 23.7 Å². The van der Waals surface area contributed by atoms with Crippen LogP contribution < -0.4 is 26.0 Å². The first kappa shape index (κ1) is 63.6. The molecule has 0 spiro atoms. The number of nitrogens with zero attached hydrogens (tertiary/aromatic N) is 10. The molecule has 0 bridgehead atoms. The fraction of sp³-hybridized carbons (Fsp3) is 0.500. The zero-order valence-corrected chi connectivity index (χ0v) is 50.5. The second-order valence-electron chi connectivity index (χ2n) is 23.5. The predicted octanol–water partition coefficient (Wildman–Crippen LogP) is 11.2. The van der Waals surface area contributed by atoms with Crippen LogP contribution in [-0.4, -0.2) is 160 Å². The van der Waals surface area contributed by atoms with E-state index in [1.54, 1.807) is 37.2 Å². The third-order valence-electron chi connectivity index (χ3n) is 16.5. The van der Waals surface area contributed by atoms with E-state index in [2.05, 4.69) is 35.4 Å². The van der Waals surface area contributed by atoms with Crippen molar-refractivity contribution >= 4 is 59.4 Å². The van der Waals surface area contributed by atoms with E-state index in [9.17, 15) is 35.9 Å². The molecule has 18 nitrogen and oxygen atoms in total. The molecule has 86 heavy (non-hydrogen) atoms. The number of hydrogen-bond donors (Lipinski definition) is 2. The van der Waals surface area contributed by atoms with Crippen molar-refractivity contribution in [3.8, 4) is 33.6 Å². The number of imidazole rings is 2. The Morgan fingerprint density at radius 2 is 1.08 bits per heavy atom. The molecule has 462 valence electrons. The molecule has 9 heterocycles. The summed E-state index contributed by atoms with van der Waals surface area (Å²) in [5.41, 5.74) is 8.84. The van der Waals surface area contributed by atoms with Gasteiger partial charge in [0.2, 0.25) is 0 Å². The fourth-order valence-corrected chi connectivity index (χ4v) is 11.2. The molecule has 2 aromatic carbocycles. The lowest BCUT2D eigenvalue weighted by molar-refractivity contribution is -0.144. The lowest BCUT2D eigenvalue weighted by atomic mass is 9.85. The lowest BCUT2D eigenvalue weighted by Gasteiger charge is -2.32. The molecule has 2 N–H and O–H groups in total. The van der Waals surface area contributed by atoms with Gasteiger partial charge in [-0.2, -0.15) is 26.3 Å². The lowest BCUT2D eigenvalue weighted by Crippen LogP contribution is -2.41. The van der Waals surface area contributed by atoms with Gasteiger partial charge >= 0.3 is 31.5 Å². The van der Waals surface area contributed by atoms with Crippen LogP contribution >= 0.6 is 11.6 Å². The summed E-state index contributed by atoms with van der Waals surface area (Å²) in [5, 5.41) is 6.08. The first-order chi connectivity index (χ1) is 40.7. The van der Waals surface area contributed by atoms with Crippen molar-refractivity contribution in [1.82, 2.24) is 38.9 Å². The summed E-state index contributed by atoms with van der Waals surface area (Å²) in [6.45, 7) is 18.4. The van der Waals surface area contributed by atoms with E-state index in [0.29, 0.717) is 68.9 Å². The van der Waals surface area contributed by atoms with E-state index in [4.69, 9.17) is 35.4 Å². The van der Waals surface area contributed by atoms with Gasteiger partial charge in [0.25, 0.3) is 0 Å². The van der Waals surface area contributed by atoms with Crippen LogP contribution in [0.5, 0.6) is 0 Å². The number of anilines is 4. The normalized spacial score (nSPS) is 19.5. The molecule has 5 fully saturated rings. The molecular formula is C60H74BClF6N12O6. The number of alkyl halides is 6. The molecule has 0 aliphatic carbocycles. The molecule has 4 aromatic heterocycles. The van der Waals surface area contributed by atoms with Gasteiger partial charge in [0, 0.05) is 96.9 Å². The highest BCUT2D eigenvalue weighted by Crippen LogP contribution is 2.38. The number of benzene rings is 2. The number of hydrogen-bond acceptors (Lipinski definition) is 12. The van der Waals surface area contributed by atoms with Crippen LogP contribution in [-0.2, 0) is 32.9 Å². The van der Waals surface area contributed by atoms with Crippen molar-refractivity contribution in [3.63, 3.8) is 0 Å². The largest absolute Gasteiger partial charge is 0.514 e. The van der Waals surface area contributed by atoms with Crippen LogP contribution in [0.1, 0.15) is 64.5 Å². The van der Waals surface area contributed by atoms with Crippen molar-refractivity contribution in [1.29, 1.82) is 0 Å².